The fourth-order valence-electron chi connectivity index (χ4n) is 6.86. The van der Waals surface area contributed by atoms with Gasteiger partial charge in [0.15, 0.2) is 0 Å². The van der Waals surface area contributed by atoms with E-state index in [0.29, 0.717) is 17.4 Å². The summed E-state index contributed by atoms with van der Waals surface area (Å²) in [6.45, 7) is 2.99. The van der Waals surface area contributed by atoms with E-state index in [-0.39, 0.29) is 11.4 Å². The van der Waals surface area contributed by atoms with Crippen LogP contribution in [0, 0.1) is 10.8 Å². The zero-order valence-corrected chi connectivity index (χ0v) is 17.8. The number of rotatable bonds is 5. The van der Waals surface area contributed by atoms with E-state index in [9.17, 15) is 4.79 Å². The third-order valence-corrected chi connectivity index (χ3v) is 8.25. The number of carbonyl (C=O) groups is 1. The van der Waals surface area contributed by atoms with Crippen molar-refractivity contribution in [2.45, 2.75) is 51.1 Å². The molecule has 4 saturated carbocycles. The summed E-state index contributed by atoms with van der Waals surface area (Å²) < 4.78 is 8.18. The van der Waals surface area contributed by atoms with E-state index in [1.165, 1.54) is 19.3 Å². The Morgan fingerprint density at radius 3 is 2.55 bits per heavy atom. The van der Waals surface area contributed by atoms with Crippen LogP contribution in [0.2, 0.25) is 0 Å². The first-order valence-corrected chi connectivity index (χ1v) is 11.4. The normalized spacial score (nSPS) is 27.6. The van der Waals surface area contributed by atoms with E-state index in [0.717, 1.165) is 46.0 Å². The van der Waals surface area contributed by atoms with Gasteiger partial charge in [0.05, 0.1) is 17.6 Å². The number of amides is 1. The minimum Gasteiger partial charge on any atom is -0.459 e. The maximum atomic E-state index is 13.5. The first-order valence-electron chi connectivity index (χ1n) is 11.4. The maximum absolute atomic E-state index is 13.5. The molecule has 4 aromatic rings. The number of nitrogens with one attached hydrogen (secondary N) is 1. The maximum Gasteiger partial charge on any atom is 0.253 e. The van der Waals surface area contributed by atoms with E-state index >= 15 is 0 Å². The van der Waals surface area contributed by atoms with Crippen LogP contribution < -0.4 is 5.32 Å². The number of hydrogen-bond donors (Lipinski definition) is 1. The number of carbonyl (C=O) groups excluding carboxylic acids is 1. The molecule has 156 valence electrons. The summed E-state index contributed by atoms with van der Waals surface area (Å²) >= 11 is 0. The number of hydrogen-bond acceptors (Lipinski definition) is 2. The fourth-order valence-corrected chi connectivity index (χ4v) is 6.86. The van der Waals surface area contributed by atoms with Crippen LogP contribution in [0.25, 0.3) is 21.9 Å². The minimum atomic E-state index is 0.0418. The second-order valence-electron chi connectivity index (χ2n) is 10.6. The summed E-state index contributed by atoms with van der Waals surface area (Å²) in [5.41, 5.74) is 3.63. The lowest BCUT2D eigenvalue weighted by Gasteiger charge is -2.73. The Morgan fingerprint density at radius 1 is 1.03 bits per heavy atom. The average molecular weight is 411 g/mol. The molecule has 0 atom stereocenters. The van der Waals surface area contributed by atoms with Crippen molar-refractivity contribution in [2.24, 2.45) is 10.8 Å². The van der Waals surface area contributed by atoms with Crippen LogP contribution in [0.3, 0.4) is 0 Å². The second-order valence-corrected chi connectivity index (χ2v) is 10.6. The molecule has 8 rings (SSSR count). The molecular weight excluding hydrogens is 384 g/mol. The largest absolute Gasteiger partial charge is 0.459 e. The van der Waals surface area contributed by atoms with Gasteiger partial charge < -0.3 is 14.3 Å². The van der Waals surface area contributed by atoms with Crippen molar-refractivity contribution >= 4 is 27.8 Å². The van der Waals surface area contributed by atoms with Gasteiger partial charge in [0.1, 0.15) is 11.3 Å². The topological polar surface area (TPSA) is 47.2 Å². The Kier molecular flexibility index (Phi) is 3.20. The van der Waals surface area contributed by atoms with Gasteiger partial charge in [-0.3, -0.25) is 4.79 Å². The molecule has 2 heterocycles. The van der Waals surface area contributed by atoms with Crippen molar-refractivity contribution < 1.29 is 9.21 Å². The van der Waals surface area contributed by atoms with Gasteiger partial charge in [-0.05, 0) is 67.2 Å². The third kappa shape index (κ3) is 2.39. The van der Waals surface area contributed by atoms with E-state index in [4.69, 9.17) is 4.42 Å². The van der Waals surface area contributed by atoms with Gasteiger partial charge in [-0.15, -0.1) is 0 Å². The predicted molar refractivity (Wildman–Crippen MR) is 121 cm³/mol. The van der Waals surface area contributed by atoms with Crippen LogP contribution in [0.5, 0.6) is 0 Å². The molecule has 0 aliphatic heterocycles. The van der Waals surface area contributed by atoms with Crippen LogP contribution in [-0.4, -0.2) is 16.0 Å². The first-order chi connectivity index (χ1) is 15.0. The Morgan fingerprint density at radius 2 is 1.81 bits per heavy atom. The lowest BCUT2D eigenvalue weighted by molar-refractivity contribution is -0.215. The molecule has 1 amide bonds. The Labute approximate surface area is 181 Å². The summed E-state index contributed by atoms with van der Waals surface area (Å²) in [4.78, 5) is 13.5. The van der Waals surface area contributed by atoms with Crippen molar-refractivity contribution in [1.82, 2.24) is 9.88 Å². The number of nitrogens with zero attached hydrogens (tertiary/aromatic N) is 1. The molecule has 2 aromatic heterocycles. The van der Waals surface area contributed by atoms with Crippen molar-refractivity contribution in [2.75, 3.05) is 0 Å². The van der Waals surface area contributed by atoms with Gasteiger partial charge in [-0.1, -0.05) is 37.3 Å². The highest BCUT2D eigenvalue weighted by atomic mass is 16.3. The van der Waals surface area contributed by atoms with Crippen molar-refractivity contribution in [3.8, 4) is 0 Å². The molecule has 0 radical (unpaired) electrons. The Balaban J connectivity index is 1.22. The first kappa shape index (κ1) is 17.6. The van der Waals surface area contributed by atoms with Gasteiger partial charge in [0.25, 0.3) is 5.91 Å². The lowest BCUT2D eigenvalue weighted by Crippen LogP contribution is -2.70. The monoisotopic (exact) mass is 410 g/mol. The quantitative estimate of drug-likeness (QED) is 0.446. The van der Waals surface area contributed by atoms with Crippen LogP contribution in [-0.2, 0) is 6.54 Å². The predicted octanol–water partition coefficient (Wildman–Crippen LogP) is 5.89. The molecule has 4 aliphatic carbocycles. The summed E-state index contributed by atoms with van der Waals surface area (Å²) in [6, 6.07) is 18.3. The molecule has 4 nitrogen and oxygen atoms in total. The summed E-state index contributed by atoms with van der Waals surface area (Å²) in [5, 5.41) is 5.70. The molecule has 1 N–H and O–H groups in total. The number of benzene rings is 2. The summed E-state index contributed by atoms with van der Waals surface area (Å²) in [5.74, 6) is 0.970. The van der Waals surface area contributed by atoms with Crippen molar-refractivity contribution in [1.29, 1.82) is 0 Å². The Hall–Kier alpha value is -3.01. The molecule has 0 unspecified atom stereocenters. The molecular formula is C27H26N2O2. The molecule has 4 heteroatoms. The average Bonchev–Trinajstić information content (AvgIpc) is 3.19. The number of aromatic nitrogens is 1. The smallest absolute Gasteiger partial charge is 0.253 e. The summed E-state index contributed by atoms with van der Waals surface area (Å²) in [6.07, 6.45) is 8.17. The zero-order valence-electron chi connectivity index (χ0n) is 17.8. The molecule has 31 heavy (non-hydrogen) atoms. The Bertz CT molecular complexity index is 1320. The number of fused-ring (bicyclic) bond motifs is 2. The number of furan rings is 1. The molecule has 0 saturated heterocycles. The van der Waals surface area contributed by atoms with Gasteiger partial charge >= 0.3 is 0 Å². The minimum absolute atomic E-state index is 0.0418. The molecule has 0 spiro atoms. The van der Waals surface area contributed by atoms with Crippen LogP contribution >= 0.6 is 0 Å². The highest BCUT2D eigenvalue weighted by Crippen LogP contribution is 2.80. The highest BCUT2D eigenvalue weighted by molar-refractivity contribution is 6.06. The number of para-hydroxylation sites is 2. The standard InChI is InChI=1S/C27H26N2O2/c1-25-15-26(16-25,17-25)27(10-11-27)28-24(30)21-7-4-6-18-9-12-29(23(18)21)14-20-13-19-5-2-3-8-22(19)31-20/h2-9,12-13H,10-11,14-17H2,1H3,(H,28,30). The SMILES string of the molecule is CC12CC(C3(NC(=O)c4cccc5ccn(Cc6cc7ccccc7o6)c45)CC3)(C1)C2. The molecule has 4 fully saturated rings. The van der Waals surface area contributed by atoms with Crippen LogP contribution in [0.4, 0.5) is 0 Å². The third-order valence-electron chi connectivity index (χ3n) is 8.25. The van der Waals surface area contributed by atoms with Crippen molar-refractivity contribution in [3.05, 3.63) is 72.1 Å². The van der Waals surface area contributed by atoms with E-state index in [2.05, 4.69) is 47.3 Å². The van der Waals surface area contributed by atoms with Gasteiger partial charge in [-0.25, -0.2) is 0 Å². The second kappa shape index (κ2) is 5.61. The molecule has 4 aliphatic rings. The van der Waals surface area contributed by atoms with Gasteiger partial charge in [-0.2, -0.15) is 0 Å². The van der Waals surface area contributed by atoms with E-state index in [1.807, 2.05) is 30.3 Å². The van der Waals surface area contributed by atoms with Crippen LogP contribution in [0.1, 0.15) is 55.1 Å². The van der Waals surface area contributed by atoms with E-state index in [1.54, 1.807) is 0 Å². The van der Waals surface area contributed by atoms with Crippen molar-refractivity contribution in [3.63, 3.8) is 0 Å². The zero-order chi connectivity index (χ0) is 20.8. The van der Waals surface area contributed by atoms with Gasteiger partial charge in [0, 0.05) is 22.5 Å². The molecule has 2 bridgehead atoms. The van der Waals surface area contributed by atoms with Crippen LogP contribution in [0.15, 0.2) is 65.2 Å². The summed E-state index contributed by atoms with van der Waals surface area (Å²) in [7, 11) is 0. The van der Waals surface area contributed by atoms with Gasteiger partial charge in [0.2, 0.25) is 0 Å². The fraction of sp³-hybridized carbons (Fsp3) is 0.370. The lowest BCUT2D eigenvalue weighted by atomic mass is 9.33. The van der Waals surface area contributed by atoms with E-state index < -0.39 is 0 Å². The highest BCUT2D eigenvalue weighted by Gasteiger charge is 2.76. The molecule has 2 aromatic carbocycles.